The number of aryl methyl sites for hydroxylation is 1. The van der Waals surface area contributed by atoms with E-state index >= 15 is 0 Å². The number of aromatic nitrogens is 2. The summed E-state index contributed by atoms with van der Waals surface area (Å²) < 4.78 is 1.93. The Kier molecular flexibility index (Phi) is 4.83. The Morgan fingerprint density at radius 2 is 1.85 bits per heavy atom. The van der Waals surface area contributed by atoms with Crippen molar-refractivity contribution in [2.24, 2.45) is 0 Å². The van der Waals surface area contributed by atoms with Crippen molar-refractivity contribution in [1.82, 2.24) is 9.78 Å². The third kappa shape index (κ3) is 2.87. The maximum Gasteiger partial charge on any atom is 0.234 e. The summed E-state index contributed by atoms with van der Waals surface area (Å²) in [5.41, 5.74) is 4.42. The SMILES string of the molecule is CCCCc1c(O)nn(-c2ccccc2C)c1CCC. The van der Waals surface area contributed by atoms with Gasteiger partial charge >= 0.3 is 0 Å². The van der Waals surface area contributed by atoms with Crippen molar-refractivity contribution >= 4 is 0 Å². The molecule has 20 heavy (non-hydrogen) atoms. The molecule has 0 bridgehead atoms. The van der Waals surface area contributed by atoms with Crippen LogP contribution in [-0.2, 0) is 12.8 Å². The van der Waals surface area contributed by atoms with Gasteiger partial charge in [0.25, 0.3) is 0 Å². The summed E-state index contributed by atoms with van der Waals surface area (Å²) in [6, 6.07) is 8.18. The highest BCUT2D eigenvalue weighted by Gasteiger charge is 2.18. The van der Waals surface area contributed by atoms with E-state index in [4.69, 9.17) is 0 Å². The highest BCUT2D eigenvalue weighted by atomic mass is 16.3. The van der Waals surface area contributed by atoms with E-state index in [1.54, 1.807) is 0 Å². The molecule has 3 heteroatoms. The van der Waals surface area contributed by atoms with Gasteiger partial charge in [0.1, 0.15) is 0 Å². The minimum Gasteiger partial charge on any atom is -0.492 e. The Balaban J connectivity index is 2.50. The highest BCUT2D eigenvalue weighted by molar-refractivity contribution is 5.44. The van der Waals surface area contributed by atoms with Gasteiger partial charge in [-0.1, -0.05) is 44.9 Å². The zero-order valence-electron chi connectivity index (χ0n) is 12.7. The zero-order valence-corrected chi connectivity index (χ0v) is 12.7. The largest absolute Gasteiger partial charge is 0.492 e. The molecule has 0 saturated carbocycles. The van der Waals surface area contributed by atoms with Crippen LogP contribution >= 0.6 is 0 Å². The molecule has 0 spiro atoms. The summed E-state index contributed by atoms with van der Waals surface area (Å²) in [6.45, 7) is 6.41. The molecule has 0 aliphatic carbocycles. The summed E-state index contributed by atoms with van der Waals surface area (Å²) in [5, 5.41) is 14.6. The molecule has 1 aromatic heterocycles. The van der Waals surface area contributed by atoms with Crippen LogP contribution in [0.2, 0.25) is 0 Å². The summed E-state index contributed by atoms with van der Waals surface area (Å²) in [7, 11) is 0. The molecule has 0 fully saturated rings. The maximum atomic E-state index is 10.2. The number of hydrogen-bond acceptors (Lipinski definition) is 2. The predicted molar refractivity (Wildman–Crippen MR) is 82.6 cm³/mol. The number of hydrogen-bond donors (Lipinski definition) is 1. The minimum atomic E-state index is 0.199. The van der Waals surface area contributed by atoms with Gasteiger partial charge in [-0.15, -0.1) is 5.10 Å². The molecule has 108 valence electrons. The Morgan fingerprint density at radius 1 is 1.10 bits per heavy atom. The first-order valence-corrected chi connectivity index (χ1v) is 7.54. The van der Waals surface area contributed by atoms with E-state index in [9.17, 15) is 5.11 Å². The van der Waals surface area contributed by atoms with Crippen LogP contribution in [0.1, 0.15) is 49.9 Å². The molecule has 0 aliphatic heterocycles. The monoisotopic (exact) mass is 272 g/mol. The lowest BCUT2D eigenvalue weighted by Crippen LogP contribution is -2.05. The van der Waals surface area contributed by atoms with Crippen molar-refractivity contribution in [2.75, 3.05) is 0 Å². The first-order valence-electron chi connectivity index (χ1n) is 7.54. The molecular formula is C17H24N2O. The molecular weight excluding hydrogens is 248 g/mol. The van der Waals surface area contributed by atoms with Crippen LogP contribution in [-0.4, -0.2) is 14.9 Å². The van der Waals surface area contributed by atoms with E-state index in [2.05, 4.69) is 38.0 Å². The Labute approximate surface area is 121 Å². The molecule has 0 aliphatic rings. The van der Waals surface area contributed by atoms with Gasteiger partial charge < -0.3 is 5.11 Å². The number of benzene rings is 1. The van der Waals surface area contributed by atoms with E-state index in [0.29, 0.717) is 0 Å². The first-order chi connectivity index (χ1) is 9.69. The molecule has 0 unspecified atom stereocenters. The quantitative estimate of drug-likeness (QED) is 0.856. The number of unbranched alkanes of at least 4 members (excludes halogenated alkanes) is 1. The Bertz CT molecular complexity index is 572. The number of nitrogens with zero attached hydrogens (tertiary/aromatic N) is 2. The van der Waals surface area contributed by atoms with E-state index in [-0.39, 0.29) is 5.88 Å². The van der Waals surface area contributed by atoms with Crippen LogP contribution in [0.25, 0.3) is 5.69 Å². The molecule has 2 aromatic rings. The summed E-state index contributed by atoms with van der Waals surface area (Å²) in [6.07, 6.45) is 5.12. The minimum absolute atomic E-state index is 0.199. The lowest BCUT2D eigenvalue weighted by atomic mass is 10.1. The molecule has 1 aromatic carbocycles. The topological polar surface area (TPSA) is 38.1 Å². The number of para-hydroxylation sites is 1. The normalized spacial score (nSPS) is 10.9. The molecule has 0 saturated heterocycles. The predicted octanol–water partition coefficient (Wildman–Crippen LogP) is 4.18. The summed E-state index contributed by atoms with van der Waals surface area (Å²) >= 11 is 0. The van der Waals surface area contributed by atoms with Crippen molar-refractivity contribution in [3.8, 4) is 11.6 Å². The highest BCUT2D eigenvalue weighted by Crippen LogP contribution is 2.27. The third-order valence-electron chi connectivity index (χ3n) is 3.68. The van der Waals surface area contributed by atoms with Crippen LogP contribution in [0.4, 0.5) is 0 Å². The number of rotatable bonds is 6. The van der Waals surface area contributed by atoms with E-state index < -0.39 is 0 Å². The average molecular weight is 272 g/mol. The maximum absolute atomic E-state index is 10.2. The molecule has 3 nitrogen and oxygen atoms in total. The lowest BCUT2D eigenvalue weighted by Gasteiger charge is -2.10. The van der Waals surface area contributed by atoms with Crippen molar-refractivity contribution in [3.63, 3.8) is 0 Å². The van der Waals surface area contributed by atoms with Crippen molar-refractivity contribution in [3.05, 3.63) is 41.1 Å². The van der Waals surface area contributed by atoms with Gasteiger partial charge in [-0.05, 0) is 37.8 Å². The van der Waals surface area contributed by atoms with Crippen LogP contribution in [0, 0.1) is 6.92 Å². The average Bonchev–Trinajstić information content (AvgIpc) is 2.74. The van der Waals surface area contributed by atoms with Crippen LogP contribution in [0.3, 0.4) is 0 Å². The smallest absolute Gasteiger partial charge is 0.234 e. The fourth-order valence-electron chi connectivity index (χ4n) is 2.58. The van der Waals surface area contributed by atoms with Gasteiger partial charge in [0.2, 0.25) is 5.88 Å². The molecule has 0 atom stereocenters. The van der Waals surface area contributed by atoms with Gasteiger partial charge in [0, 0.05) is 5.56 Å². The van der Waals surface area contributed by atoms with Crippen molar-refractivity contribution in [2.45, 2.75) is 52.9 Å². The van der Waals surface area contributed by atoms with Crippen LogP contribution in [0.5, 0.6) is 5.88 Å². The zero-order chi connectivity index (χ0) is 14.5. The van der Waals surface area contributed by atoms with Gasteiger partial charge in [-0.3, -0.25) is 0 Å². The molecule has 0 amide bonds. The third-order valence-corrected chi connectivity index (χ3v) is 3.68. The second-order valence-electron chi connectivity index (χ2n) is 5.30. The number of aromatic hydroxyl groups is 1. The van der Waals surface area contributed by atoms with E-state index in [1.807, 2.05) is 16.8 Å². The summed E-state index contributed by atoms with van der Waals surface area (Å²) in [4.78, 5) is 0. The van der Waals surface area contributed by atoms with Crippen molar-refractivity contribution in [1.29, 1.82) is 0 Å². The Morgan fingerprint density at radius 3 is 2.50 bits per heavy atom. The molecule has 1 N–H and O–H groups in total. The van der Waals surface area contributed by atoms with E-state index in [0.717, 1.165) is 49.0 Å². The standard InChI is InChI=1S/C17H24N2O/c1-4-6-11-14-16(9-5-2)19(18-17(14)20)15-12-8-7-10-13(15)3/h7-8,10,12H,4-6,9,11H2,1-3H3,(H,18,20). The fourth-order valence-corrected chi connectivity index (χ4v) is 2.58. The second-order valence-corrected chi connectivity index (χ2v) is 5.30. The van der Waals surface area contributed by atoms with Gasteiger partial charge in [0.05, 0.1) is 11.4 Å². The first kappa shape index (κ1) is 14.6. The van der Waals surface area contributed by atoms with Crippen LogP contribution < -0.4 is 0 Å². The lowest BCUT2D eigenvalue weighted by molar-refractivity contribution is 0.441. The van der Waals surface area contributed by atoms with Gasteiger partial charge in [-0.2, -0.15) is 0 Å². The molecule has 1 heterocycles. The van der Waals surface area contributed by atoms with Gasteiger partial charge in [-0.25, -0.2) is 4.68 Å². The van der Waals surface area contributed by atoms with Crippen LogP contribution in [0.15, 0.2) is 24.3 Å². The van der Waals surface area contributed by atoms with Gasteiger partial charge in [0.15, 0.2) is 0 Å². The van der Waals surface area contributed by atoms with Crippen molar-refractivity contribution < 1.29 is 5.11 Å². The van der Waals surface area contributed by atoms with E-state index in [1.165, 1.54) is 5.56 Å². The Hall–Kier alpha value is -1.77. The molecule has 2 rings (SSSR count). The fraction of sp³-hybridized carbons (Fsp3) is 0.471. The summed E-state index contributed by atoms with van der Waals surface area (Å²) in [5.74, 6) is 0.199. The molecule has 0 radical (unpaired) electrons. The second kappa shape index (κ2) is 6.60.